The standard InChI is InChI=1S/C15H15F3N2O3/c16-15(17,18)23-12-4-2-1-3-10(12)5-6-13(21)20-8-7-11(9-20)14(19)22/h1-6,11H,7-9H2,(H2,19,22)/b6-5+/t11-/m1/s1. The summed E-state index contributed by atoms with van der Waals surface area (Å²) >= 11 is 0. The van der Waals surface area contributed by atoms with Crippen LogP contribution in [0.5, 0.6) is 5.75 Å². The monoisotopic (exact) mass is 328 g/mol. The molecular weight excluding hydrogens is 313 g/mol. The van der Waals surface area contributed by atoms with Gasteiger partial charge in [0.2, 0.25) is 11.8 Å². The molecule has 1 saturated heterocycles. The molecule has 1 heterocycles. The quantitative estimate of drug-likeness (QED) is 0.859. The molecule has 23 heavy (non-hydrogen) atoms. The number of hydrogen-bond acceptors (Lipinski definition) is 3. The Bertz CT molecular complexity index is 629. The van der Waals surface area contributed by atoms with Crippen LogP contribution in [-0.2, 0) is 9.59 Å². The lowest BCUT2D eigenvalue weighted by Crippen LogP contribution is -2.30. The van der Waals surface area contributed by atoms with Crippen molar-refractivity contribution >= 4 is 17.9 Å². The second kappa shape index (κ2) is 6.72. The van der Waals surface area contributed by atoms with Crippen LogP contribution in [0.3, 0.4) is 0 Å². The van der Waals surface area contributed by atoms with E-state index < -0.39 is 18.2 Å². The summed E-state index contributed by atoms with van der Waals surface area (Å²) in [7, 11) is 0. The first-order chi connectivity index (χ1) is 10.8. The molecule has 5 nitrogen and oxygen atoms in total. The fourth-order valence-electron chi connectivity index (χ4n) is 2.29. The highest BCUT2D eigenvalue weighted by Gasteiger charge is 2.32. The lowest BCUT2D eigenvalue weighted by molar-refractivity contribution is -0.274. The number of benzene rings is 1. The number of nitrogens with zero attached hydrogens (tertiary/aromatic N) is 1. The van der Waals surface area contributed by atoms with Gasteiger partial charge >= 0.3 is 6.36 Å². The highest BCUT2D eigenvalue weighted by atomic mass is 19.4. The van der Waals surface area contributed by atoms with Gasteiger partial charge in [0, 0.05) is 24.7 Å². The van der Waals surface area contributed by atoms with Gasteiger partial charge in [-0.1, -0.05) is 18.2 Å². The van der Waals surface area contributed by atoms with E-state index in [1.165, 1.54) is 29.2 Å². The molecule has 0 saturated carbocycles. The Morgan fingerprint density at radius 2 is 2.00 bits per heavy atom. The van der Waals surface area contributed by atoms with Crippen molar-refractivity contribution in [3.8, 4) is 5.75 Å². The number of rotatable bonds is 4. The molecule has 1 aliphatic heterocycles. The van der Waals surface area contributed by atoms with Crippen molar-refractivity contribution in [1.82, 2.24) is 4.90 Å². The molecule has 0 aromatic heterocycles. The normalized spacial score (nSPS) is 18.4. The largest absolute Gasteiger partial charge is 0.573 e. The zero-order chi connectivity index (χ0) is 17.0. The molecule has 2 N–H and O–H groups in total. The molecule has 1 aromatic carbocycles. The number of likely N-dealkylation sites (tertiary alicyclic amines) is 1. The molecule has 1 atom stereocenters. The van der Waals surface area contributed by atoms with Gasteiger partial charge in [-0.3, -0.25) is 9.59 Å². The Morgan fingerprint density at radius 1 is 1.30 bits per heavy atom. The number of amides is 2. The summed E-state index contributed by atoms with van der Waals surface area (Å²) in [5.74, 6) is -1.63. The third-order valence-corrected chi connectivity index (χ3v) is 3.45. The Morgan fingerprint density at radius 3 is 2.61 bits per heavy atom. The Hall–Kier alpha value is -2.51. The molecule has 0 spiro atoms. The molecule has 2 rings (SSSR count). The van der Waals surface area contributed by atoms with Crippen LogP contribution in [0.15, 0.2) is 30.3 Å². The van der Waals surface area contributed by atoms with Crippen molar-refractivity contribution < 1.29 is 27.5 Å². The highest BCUT2D eigenvalue weighted by Crippen LogP contribution is 2.27. The maximum atomic E-state index is 12.3. The number of hydrogen-bond donors (Lipinski definition) is 1. The first-order valence-corrected chi connectivity index (χ1v) is 6.87. The Kier molecular flexibility index (Phi) is 4.92. The SMILES string of the molecule is NC(=O)[C@@H]1CCN(C(=O)/C=C/c2ccccc2OC(F)(F)F)C1. The average molecular weight is 328 g/mol. The van der Waals surface area contributed by atoms with Crippen LogP contribution in [0.2, 0.25) is 0 Å². The second-order valence-corrected chi connectivity index (χ2v) is 5.09. The van der Waals surface area contributed by atoms with Gasteiger partial charge in [-0.05, 0) is 18.6 Å². The lowest BCUT2D eigenvalue weighted by Gasteiger charge is -2.14. The molecule has 0 unspecified atom stereocenters. The van der Waals surface area contributed by atoms with E-state index in [2.05, 4.69) is 4.74 Å². The van der Waals surface area contributed by atoms with Crippen LogP contribution in [-0.4, -0.2) is 36.2 Å². The molecule has 1 aromatic rings. The average Bonchev–Trinajstić information content (AvgIpc) is 2.94. The molecular formula is C15H15F3N2O3. The zero-order valence-corrected chi connectivity index (χ0v) is 12.0. The number of carbonyl (C=O) groups excluding carboxylic acids is 2. The van der Waals surface area contributed by atoms with Gasteiger partial charge in [0.05, 0.1) is 5.92 Å². The van der Waals surface area contributed by atoms with Gasteiger partial charge in [-0.25, -0.2) is 0 Å². The smallest absolute Gasteiger partial charge is 0.405 e. The van der Waals surface area contributed by atoms with Crippen LogP contribution in [0, 0.1) is 5.92 Å². The summed E-state index contributed by atoms with van der Waals surface area (Å²) in [5, 5.41) is 0. The number of carbonyl (C=O) groups is 2. The summed E-state index contributed by atoms with van der Waals surface area (Å²) in [6, 6.07) is 5.50. The molecule has 1 aliphatic rings. The van der Waals surface area contributed by atoms with Crippen LogP contribution in [0.4, 0.5) is 13.2 Å². The van der Waals surface area contributed by atoms with Crippen molar-refractivity contribution in [3.05, 3.63) is 35.9 Å². The van der Waals surface area contributed by atoms with Crippen molar-refractivity contribution in [2.45, 2.75) is 12.8 Å². The Labute approximate surface area is 130 Å². The summed E-state index contributed by atoms with van der Waals surface area (Å²) < 4.78 is 40.9. The number of nitrogens with two attached hydrogens (primary N) is 1. The molecule has 8 heteroatoms. The van der Waals surface area contributed by atoms with Crippen LogP contribution >= 0.6 is 0 Å². The van der Waals surface area contributed by atoms with E-state index in [9.17, 15) is 22.8 Å². The predicted molar refractivity (Wildman–Crippen MR) is 76.0 cm³/mol. The van der Waals surface area contributed by atoms with E-state index in [4.69, 9.17) is 5.73 Å². The van der Waals surface area contributed by atoms with Crippen LogP contribution in [0.25, 0.3) is 6.08 Å². The van der Waals surface area contributed by atoms with Crippen molar-refractivity contribution in [3.63, 3.8) is 0 Å². The van der Waals surface area contributed by atoms with Crippen molar-refractivity contribution in [1.29, 1.82) is 0 Å². The summed E-state index contributed by atoms with van der Waals surface area (Å²) in [6.07, 6.45) is -1.91. The topological polar surface area (TPSA) is 72.6 Å². The number of ether oxygens (including phenoxy) is 1. The van der Waals surface area contributed by atoms with E-state index in [-0.39, 0.29) is 23.8 Å². The third kappa shape index (κ3) is 4.73. The summed E-state index contributed by atoms with van der Waals surface area (Å²) in [5.41, 5.74) is 5.31. The molecule has 0 aliphatic carbocycles. The van der Waals surface area contributed by atoms with E-state index in [1.54, 1.807) is 0 Å². The fraction of sp³-hybridized carbons (Fsp3) is 0.333. The summed E-state index contributed by atoms with van der Waals surface area (Å²) in [4.78, 5) is 24.5. The maximum absolute atomic E-state index is 12.3. The van der Waals surface area contributed by atoms with Gasteiger partial charge in [0.15, 0.2) is 0 Å². The maximum Gasteiger partial charge on any atom is 0.573 e. The highest BCUT2D eigenvalue weighted by molar-refractivity contribution is 5.93. The van der Waals surface area contributed by atoms with Crippen LogP contribution < -0.4 is 10.5 Å². The third-order valence-electron chi connectivity index (χ3n) is 3.45. The number of primary amides is 1. The molecule has 0 bridgehead atoms. The Balaban J connectivity index is 2.06. The van der Waals surface area contributed by atoms with Gasteiger partial charge < -0.3 is 15.4 Å². The number of para-hydroxylation sites is 1. The molecule has 2 amide bonds. The van der Waals surface area contributed by atoms with Gasteiger partial charge in [-0.15, -0.1) is 13.2 Å². The van der Waals surface area contributed by atoms with Crippen molar-refractivity contribution in [2.24, 2.45) is 11.7 Å². The molecule has 124 valence electrons. The first kappa shape index (κ1) is 16.9. The van der Waals surface area contributed by atoms with E-state index in [0.29, 0.717) is 13.0 Å². The minimum absolute atomic E-state index is 0.129. The van der Waals surface area contributed by atoms with E-state index in [1.807, 2.05) is 0 Å². The first-order valence-electron chi connectivity index (χ1n) is 6.87. The van der Waals surface area contributed by atoms with Crippen molar-refractivity contribution in [2.75, 3.05) is 13.1 Å². The van der Waals surface area contributed by atoms with E-state index >= 15 is 0 Å². The lowest BCUT2D eigenvalue weighted by atomic mass is 10.1. The molecule has 1 fully saturated rings. The van der Waals surface area contributed by atoms with Gasteiger partial charge in [-0.2, -0.15) is 0 Å². The van der Waals surface area contributed by atoms with Gasteiger partial charge in [0.25, 0.3) is 0 Å². The van der Waals surface area contributed by atoms with E-state index in [0.717, 1.165) is 12.1 Å². The second-order valence-electron chi connectivity index (χ2n) is 5.09. The number of halogens is 3. The predicted octanol–water partition coefficient (Wildman–Crippen LogP) is 1.93. The minimum Gasteiger partial charge on any atom is -0.405 e. The fourth-order valence-corrected chi connectivity index (χ4v) is 2.29. The molecule has 0 radical (unpaired) electrons. The summed E-state index contributed by atoms with van der Waals surface area (Å²) in [6.45, 7) is 0.608. The van der Waals surface area contributed by atoms with Gasteiger partial charge in [0.1, 0.15) is 5.75 Å². The number of alkyl halides is 3. The van der Waals surface area contributed by atoms with Crippen LogP contribution in [0.1, 0.15) is 12.0 Å². The minimum atomic E-state index is -4.81. The zero-order valence-electron chi connectivity index (χ0n) is 12.0.